The molecule has 0 bridgehead atoms. The minimum absolute atomic E-state index is 0.232. The molecule has 0 fully saturated rings. The first-order chi connectivity index (χ1) is 12.6. The fourth-order valence-corrected chi connectivity index (χ4v) is 3.15. The van der Waals surface area contributed by atoms with Crippen LogP contribution < -0.4 is 4.90 Å². The fourth-order valence-electron chi connectivity index (χ4n) is 3.15. The Morgan fingerprint density at radius 3 is 2.54 bits per heavy atom. The summed E-state index contributed by atoms with van der Waals surface area (Å²) in [5.41, 5.74) is 2.72. The van der Waals surface area contributed by atoms with Crippen LogP contribution >= 0.6 is 0 Å². The van der Waals surface area contributed by atoms with Crippen molar-refractivity contribution in [1.29, 1.82) is 0 Å². The summed E-state index contributed by atoms with van der Waals surface area (Å²) in [4.78, 5) is 26.9. The molecule has 0 N–H and O–H groups in total. The molecule has 1 aliphatic rings. The summed E-state index contributed by atoms with van der Waals surface area (Å²) in [7, 11) is 0. The summed E-state index contributed by atoms with van der Waals surface area (Å²) in [6.07, 6.45) is -0.204. The predicted molar refractivity (Wildman–Crippen MR) is 98.7 cm³/mol. The second-order valence-corrected chi connectivity index (χ2v) is 6.25. The minimum Gasteiger partial charge on any atom is -0.464 e. The molecule has 2 aromatic carbocycles. The van der Waals surface area contributed by atoms with E-state index in [1.54, 1.807) is 13.8 Å². The van der Waals surface area contributed by atoms with Gasteiger partial charge >= 0.3 is 5.97 Å². The number of hydrogen-bond acceptors (Lipinski definition) is 4. The van der Waals surface area contributed by atoms with E-state index in [0.717, 1.165) is 16.8 Å². The number of amides is 1. The van der Waals surface area contributed by atoms with Gasteiger partial charge in [-0.3, -0.25) is 9.69 Å². The molecule has 5 heteroatoms. The zero-order valence-corrected chi connectivity index (χ0v) is 15.1. The summed E-state index contributed by atoms with van der Waals surface area (Å²) in [5.74, 6) is -0.615. The van der Waals surface area contributed by atoms with Crippen LogP contribution in [0.15, 0.2) is 54.6 Å². The lowest BCUT2D eigenvalue weighted by Gasteiger charge is -2.27. The van der Waals surface area contributed by atoms with Gasteiger partial charge in [-0.25, -0.2) is 4.79 Å². The van der Waals surface area contributed by atoms with Crippen LogP contribution in [-0.2, 0) is 32.1 Å². The Kier molecular flexibility index (Phi) is 5.68. The number of anilines is 1. The Labute approximate surface area is 153 Å². The van der Waals surface area contributed by atoms with Gasteiger partial charge in [0, 0.05) is 12.1 Å². The van der Waals surface area contributed by atoms with Gasteiger partial charge in [-0.2, -0.15) is 0 Å². The van der Waals surface area contributed by atoms with Crippen molar-refractivity contribution in [2.45, 2.75) is 39.0 Å². The lowest BCUT2D eigenvalue weighted by atomic mass is 10.1. The van der Waals surface area contributed by atoms with E-state index in [1.807, 2.05) is 54.6 Å². The normalized spacial score (nSPS) is 16.8. The zero-order chi connectivity index (χ0) is 18.5. The molecule has 0 aliphatic carbocycles. The van der Waals surface area contributed by atoms with Gasteiger partial charge in [0.25, 0.3) is 5.91 Å². The van der Waals surface area contributed by atoms with Crippen molar-refractivity contribution in [3.8, 4) is 0 Å². The fraction of sp³-hybridized carbons (Fsp3) is 0.333. The monoisotopic (exact) mass is 353 g/mol. The molecule has 1 aliphatic heterocycles. The second-order valence-electron chi connectivity index (χ2n) is 6.25. The van der Waals surface area contributed by atoms with Crippen molar-refractivity contribution in [2.24, 2.45) is 0 Å². The van der Waals surface area contributed by atoms with Gasteiger partial charge in [0.05, 0.1) is 13.2 Å². The molecule has 26 heavy (non-hydrogen) atoms. The van der Waals surface area contributed by atoms with E-state index in [2.05, 4.69) is 0 Å². The molecule has 2 atom stereocenters. The van der Waals surface area contributed by atoms with Crippen molar-refractivity contribution >= 4 is 17.6 Å². The van der Waals surface area contributed by atoms with Crippen LogP contribution in [0.3, 0.4) is 0 Å². The standard InChI is InChI=1S/C21H23NO4/c1-3-25-21(24)19-13-17-11-7-8-12-18(17)22(19)20(23)15(2)26-14-16-9-5-4-6-10-16/h4-12,15,19H,3,13-14H2,1-2H3. The largest absolute Gasteiger partial charge is 0.464 e. The summed E-state index contributed by atoms with van der Waals surface area (Å²) in [6, 6.07) is 16.6. The predicted octanol–water partition coefficient (Wildman–Crippen LogP) is 3.11. The van der Waals surface area contributed by atoms with Crippen molar-refractivity contribution in [2.75, 3.05) is 11.5 Å². The highest BCUT2D eigenvalue weighted by Crippen LogP contribution is 2.33. The second kappa shape index (κ2) is 8.15. The molecule has 1 heterocycles. The number of esters is 1. The lowest BCUT2D eigenvalue weighted by molar-refractivity contribution is -0.146. The van der Waals surface area contributed by atoms with E-state index in [4.69, 9.17) is 9.47 Å². The number of nitrogens with zero attached hydrogens (tertiary/aromatic N) is 1. The Balaban J connectivity index is 1.76. The van der Waals surface area contributed by atoms with Crippen molar-refractivity contribution in [3.05, 3.63) is 65.7 Å². The van der Waals surface area contributed by atoms with Crippen LogP contribution in [-0.4, -0.2) is 30.6 Å². The van der Waals surface area contributed by atoms with Crippen LogP contribution in [0.2, 0.25) is 0 Å². The maximum atomic E-state index is 13.0. The van der Waals surface area contributed by atoms with Crippen LogP contribution in [0.1, 0.15) is 25.0 Å². The Morgan fingerprint density at radius 2 is 1.81 bits per heavy atom. The van der Waals surface area contributed by atoms with Gasteiger partial charge < -0.3 is 9.47 Å². The number of carbonyl (C=O) groups is 2. The number of benzene rings is 2. The first-order valence-electron chi connectivity index (χ1n) is 8.85. The smallest absolute Gasteiger partial charge is 0.329 e. The van der Waals surface area contributed by atoms with E-state index in [1.165, 1.54) is 4.90 Å². The molecule has 1 amide bonds. The molecule has 0 spiro atoms. The third kappa shape index (κ3) is 3.78. The highest BCUT2D eigenvalue weighted by atomic mass is 16.5. The van der Waals surface area contributed by atoms with Crippen molar-refractivity contribution in [1.82, 2.24) is 0 Å². The molecule has 0 aromatic heterocycles. The number of carbonyl (C=O) groups excluding carboxylic acids is 2. The van der Waals surface area contributed by atoms with E-state index in [9.17, 15) is 9.59 Å². The molecular formula is C21H23NO4. The van der Waals surface area contributed by atoms with E-state index < -0.39 is 12.1 Å². The molecule has 0 saturated carbocycles. The summed E-state index contributed by atoms with van der Waals surface area (Å²) in [6.45, 7) is 4.10. The van der Waals surface area contributed by atoms with Gasteiger partial charge in [-0.1, -0.05) is 48.5 Å². The van der Waals surface area contributed by atoms with Crippen molar-refractivity contribution < 1.29 is 19.1 Å². The van der Waals surface area contributed by atoms with Crippen LogP contribution in [0.25, 0.3) is 0 Å². The Morgan fingerprint density at radius 1 is 1.12 bits per heavy atom. The SMILES string of the molecule is CCOC(=O)C1Cc2ccccc2N1C(=O)C(C)OCc1ccccc1. The van der Waals surface area contributed by atoms with E-state index in [0.29, 0.717) is 13.0 Å². The molecule has 5 nitrogen and oxygen atoms in total. The van der Waals surface area contributed by atoms with Gasteiger partial charge in [0.1, 0.15) is 12.1 Å². The molecule has 136 valence electrons. The molecule has 2 aromatic rings. The van der Waals surface area contributed by atoms with Gasteiger partial charge in [0.15, 0.2) is 0 Å². The Bertz CT molecular complexity index is 775. The topological polar surface area (TPSA) is 55.8 Å². The molecule has 0 saturated heterocycles. The van der Waals surface area contributed by atoms with E-state index >= 15 is 0 Å². The third-order valence-electron chi connectivity index (χ3n) is 4.46. The zero-order valence-electron chi connectivity index (χ0n) is 15.1. The van der Waals surface area contributed by atoms with Gasteiger partial charge in [-0.05, 0) is 31.0 Å². The number of ether oxygens (including phenoxy) is 2. The molecule has 0 radical (unpaired) electrons. The highest BCUT2D eigenvalue weighted by molar-refractivity contribution is 6.04. The highest BCUT2D eigenvalue weighted by Gasteiger charge is 2.40. The maximum Gasteiger partial charge on any atom is 0.329 e. The molecule has 3 rings (SSSR count). The number of hydrogen-bond donors (Lipinski definition) is 0. The first kappa shape index (κ1) is 18.1. The number of fused-ring (bicyclic) bond motifs is 1. The summed E-state index contributed by atoms with van der Waals surface area (Å²) < 4.78 is 10.9. The Hall–Kier alpha value is -2.66. The van der Waals surface area contributed by atoms with Crippen LogP contribution in [0.5, 0.6) is 0 Å². The maximum absolute atomic E-state index is 13.0. The van der Waals surface area contributed by atoms with E-state index in [-0.39, 0.29) is 18.5 Å². The minimum atomic E-state index is -0.668. The van der Waals surface area contributed by atoms with Crippen molar-refractivity contribution in [3.63, 3.8) is 0 Å². The summed E-state index contributed by atoms with van der Waals surface area (Å²) >= 11 is 0. The average molecular weight is 353 g/mol. The molecule has 2 unspecified atom stereocenters. The first-order valence-corrected chi connectivity index (χ1v) is 8.85. The quantitative estimate of drug-likeness (QED) is 0.749. The average Bonchev–Trinajstić information content (AvgIpc) is 3.06. The number of para-hydroxylation sites is 1. The third-order valence-corrected chi connectivity index (χ3v) is 4.46. The van der Waals surface area contributed by atoms with Gasteiger partial charge in [-0.15, -0.1) is 0 Å². The number of rotatable bonds is 6. The molecular weight excluding hydrogens is 330 g/mol. The van der Waals surface area contributed by atoms with Crippen LogP contribution in [0.4, 0.5) is 5.69 Å². The summed E-state index contributed by atoms with van der Waals surface area (Å²) in [5, 5.41) is 0. The van der Waals surface area contributed by atoms with Crippen LogP contribution in [0, 0.1) is 0 Å². The van der Waals surface area contributed by atoms with Gasteiger partial charge in [0.2, 0.25) is 0 Å². The lowest BCUT2D eigenvalue weighted by Crippen LogP contribution is -2.48.